The first kappa shape index (κ1) is 11.1. The molecule has 1 rings (SSSR count). The highest BCUT2D eigenvalue weighted by Crippen LogP contribution is 2.03. The molecular weight excluding hydrogens is 196 g/mol. The van der Waals surface area contributed by atoms with Gasteiger partial charge in [0, 0.05) is 25.0 Å². The monoisotopic (exact) mass is 210 g/mol. The van der Waals surface area contributed by atoms with Gasteiger partial charge in [-0.25, -0.2) is 0 Å². The second-order valence-electron chi connectivity index (χ2n) is 3.08. The number of unbranched alkanes of at least 4 members (excludes halogenated alkanes) is 1. The van der Waals surface area contributed by atoms with E-state index >= 15 is 0 Å². The first-order chi connectivity index (χ1) is 6.77. The number of alkyl halides is 1. The minimum absolute atomic E-state index is 0.682. The number of rotatable bonds is 3. The van der Waals surface area contributed by atoms with Crippen LogP contribution in [0.2, 0.25) is 0 Å². The Kier molecular flexibility index (Phi) is 4.55. The normalized spacial score (nSPS) is 9.64. The van der Waals surface area contributed by atoms with E-state index in [2.05, 4.69) is 23.9 Å². The first-order valence-electron chi connectivity index (χ1n) is 4.86. The van der Waals surface area contributed by atoms with Gasteiger partial charge in [-0.1, -0.05) is 11.8 Å². The minimum atomic E-state index is 0.682. The lowest BCUT2D eigenvalue weighted by molar-refractivity contribution is 0.653. The summed E-state index contributed by atoms with van der Waals surface area (Å²) in [4.78, 5) is 0. The number of hydrogen-bond acceptors (Lipinski definition) is 1. The fraction of sp³-hybridized carbons (Fsp3) is 0.545. The minimum Gasteiger partial charge on any atom is -0.271 e. The molecule has 0 aliphatic carbocycles. The molecular formula is C11H15ClN2. The van der Waals surface area contributed by atoms with Gasteiger partial charge in [0.1, 0.15) is 0 Å². The van der Waals surface area contributed by atoms with E-state index in [1.807, 2.05) is 17.8 Å². The van der Waals surface area contributed by atoms with E-state index in [1.54, 1.807) is 0 Å². The molecule has 1 aromatic heterocycles. The standard InChI is InChI=1S/C11H15ClN2/c1-3-14-9-11(10(2)13-14)7-5-4-6-8-12/h9H,3-4,6,8H2,1-2H3. The third-order valence-corrected chi connectivity index (χ3v) is 2.20. The Labute approximate surface area is 90.3 Å². The van der Waals surface area contributed by atoms with E-state index in [9.17, 15) is 0 Å². The molecule has 0 N–H and O–H groups in total. The second kappa shape index (κ2) is 5.72. The van der Waals surface area contributed by atoms with Crippen molar-refractivity contribution >= 4 is 11.6 Å². The molecule has 0 unspecified atom stereocenters. The van der Waals surface area contributed by atoms with Crippen LogP contribution < -0.4 is 0 Å². The zero-order chi connectivity index (χ0) is 10.4. The van der Waals surface area contributed by atoms with Gasteiger partial charge in [0.25, 0.3) is 0 Å². The van der Waals surface area contributed by atoms with Crippen LogP contribution in [-0.2, 0) is 6.54 Å². The molecule has 0 saturated carbocycles. The fourth-order valence-corrected chi connectivity index (χ4v) is 1.25. The largest absolute Gasteiger partial charge is 0.271 e. The van der Waals surface area contributed by atoms with Crippen LogP contribution in [0.3, 0.4) is 0 Å². The summed E-state index contributed by atoms with van der Waals surface area (Å²) in [6, 6.07) is 0. The van der Waals surface area contributed by atoms with Crippen molar-refractivity contribution in [1.82, 2.24) is 9.78 Å². The van der Waals surface area contributed by atoms with Crippen LogP contribution in [-0.4, -0.2) is 15.7 Å². The summed E-state index contributed by atoms with van der Waals surface area (Å²) in [5.74, 6) is 6.89. The summed E-state index contributed by atoms with van der Waals surface area (Å²) in [6.07, 6.45) is 3.80. The summed E-state index contributed by atoms with van der Waals surface area (Å²) in [5, 5.41) is 4.32. The molecule has 0 fully saturated rings. The van der Waals surface area contributed by atoms with Crippen molar-refractivity contribution in [2.75, 3.05) is 5.88 Å². The van der Waals surface area contributed by atoms with Crippen LogP contribution in [0.25, 0.3) is 0 Å². The van der Waals surface area contributed by atoms with Crippen molar-refractivity contribution in [3.8, 4) is 11.8 Å². The molecule has 1 aromatic rings. The lowest BCUT2D eigenvalue weighted by atomic mass is 10.2. The van der Waals surface area contributed by atoms with Crippen molar-refractivity contribution in [2.45, 2.75) is 33.2 Å². The highest BCUT2D eigenvalue weighted by molar-refractivity contribution is 6.17. The summed E-state index contributed by atoms with van der Waals surface area (Å²) < 4.78 is 1.90. The highest BCUT2D eigenvalue weighted by atomic mass is 35.5. The van der Waals surface area contributed by atoms with E-state index in [0.29, 0.717) is 5.88 Å². The van der Waals surface area contributed by atoms with Gasteiger partial charge >= 0.3 is 0 Å². The third kappa shape index (κ3) is 3.08. The average Bonchev–Trinajstić information content (AvgIpc) is 2.54. The van der Waals surface area contributed by atoms with Crippen LogP contribution >= 0.6 is 11.6 Å². The topological polar surface area (TPSA) is 17.8 Å². The molecule has 0 saturated heterocycles. The Bertz CT molecular complexity index is 344. The van der Waals surface area contributed by atoms with E-state index in [-0.39, 0.29) is 0 Å². The Balaban J connectivity index is 2.64. The molecule has 1 heterocycles. The van der Waals surface area contributed by atoms with Gasteiger partial charge in [-0.15, -0.1) is 11.6 Å². The van der Waals surface area contributed by atoms with Gasteiger partial charge in [-0.2, -0.15) is 5.10 Å². The van der Waals surface area contributed by atoms with Crippen molar-refractivity contribution < 1.29 is 0 Å². The highest BCUT2D eigenvalue weighted by Gasteiger charge is 1.99. The Hall–Kier alpha value is -0.940. The molecule has 0 aliphatic rings. The van der Waals surface area contributed by atoms with E-state index in [4.69, 9.17) is 11.6 Å². The molecule has 2 nitrogen and oxygen atoms in total. The molecule has 0 radical (unpaired) electrons. The lowest BCUT2D eigenvalue weighted by Crippen LogP contribution is -1.93. The van der Waals surface area contributed by atoms with Crippen molar-refractivity contribution in [2.24, 2.45) is 0 Å². The Morgan fingerprint density at radius 3 is 2.93 bits per heavy atom. The quantitative estimate of drug-likeness (QED) is 0.426. The summed E-state index contributed by atoms with van der Waals surface area (Å²) in [6.45, 7) is 4.94. The van der Waals surface area contributed by atoms with Gasteiger partial charge in [-0.3, -0.25) is 4.68 Å². The van der Waals surface area contributed by atoms with E-state index in [1.165, 1.54) is 0 Å². The molecule has 76 valence electrons. The van der Waals surface area contributed by atoms with Crippen LogP contribution in [0.1, 0.15) is 31.0 Å². The predicted octanol–water partition coefficient (Wildman–Crippen LogP) is 2.58. The van der Waals surface area contributed by atoms with Crippen LogP contribution in [0, 0.1) is 18.8 Å². The van der Waals surface area contributed by atoms with E-state index in [0.717, 1.165) is 30.6 Å². The van der Waals surface area contributed by atoms with E-state index < -0.39 is 0 Å². The predicted molar refractivity (Wildman–Crippen MR) is 59.5 cm³/mol. The van der Waals surface area contributed by atoms with Crippen LogP contribution in [0.4, 0.5) is 0 Å². The number of aromatic nitrogens is 2. The smallest absolute Gasteiger partial charge is 0.0750 e. The Morgan fingerprint density at radius 1 is 1.57 bits per heavy atom. The number of halogens is 1. The third-order valence-electron chi connectivity index (χ3n) is 1.93. The second-order valence-corrected chi connectivity index (χ2v) is 3.46. The average molecular weight is 211 g/mol. The molecule has 0 aliphatic heterocycles. The molecule has 0 aromatic carbocycles. The number of nitrogens with zero attached hydrogens (tertiary/aromatic N) is 2. The summed E-state index contributed by atoms with van der Waals surface area (Å²) in [5.41, 5.74) is 2.03. The summed E-state index contributed by atoms with van der Waals surface area (Å²) >= 11 is 5.56. The Morgan fingerprint density at radius 2 is 2.36 bits per heavy atom. The molecule has 0 spiro atoms. The first-order valence-corrected chi connectivity index (χ1v) is 5.40. The lowest BCUT2D eigenvalue weighted by Gasteiger charge is -1.88. The molecule has 0 amide bonds. The van der Waals surface area contributed by atoms with Gasteiger partial charge in [0.15, 0.2) is 0 Å². The zero-order valence-corrected chi connectivity index (χ0v) is 9.43. The number of hydrogen-bond donors (Lipinski definition) is 0. The maximum Gasteiger partial charge on any atom is 0.0750 e. The van der Waals surface area contributed by atoms with Gasteiger partial charge in [0.05, 0.1) is 11.3 Å². The summed E-state index contributed by atoms with van der Waals surface area (Å²) in [7, 11) is 0. The number of aryl methyl sites for hydroxylation is 2. The zero-order valence-electron chi connectivity index (χ0n) is 8.68. The SMILES string of the molecule is CCn1cc(C#CCCCCl)c(C)n1. The van der Waals surface area contributed by atoms with Crippen LogP contribution in [0.5, 0.6) is 0 Å². The molecule has 0 atom stereocenters. The van der Waals surface area contributed by atoms with Gasteiger partial charge in [-0.05, 0) is 20.3 Å². The maximum absolute atomic E-state index is 5.56. The molecule has 0 bridgehead atoms. The van der Waals surface area contributed by atoms with Crippen molar-refractivity contribution in [3.05, 3.63) is 17.5 Å². The molecule has 14 heavy (non-hydrogen) atoms. The maximum atomic E-state index is 5.56. The van der Waals surface area contributed by atoms with Crippen LogP contribution in [0.15, 0.2) is 6.20 Å². The molecule has 3 heteroatoms. The van der Waals surface area contributed by atoms with Gasteiger partial charge in [0.2, 0.25) is 0 Å². The fourth-order valence-electron chi connectivity index (χ4n) is 1.12. The van der Waals surface area contributed by atoms with Crippen molar-refractivity contribution in [1.29, 1.82) is 0 Å². The van der Waals surface area contributed by atoms with Crippen molar-refractivity contribution in [3.63, 3.8) is 0 Å². The van der Waals surface area contributed by atoms with Gasteiger partial charge < -0.3 is 0 Å².